The van der Waals surface area contributed by atoms with Crippen molar-refractivity contribution in [3.05, 3.63) is 48.3 Å². The van der Waals surface area contributed by atoms with Crippen LogP contribution in [0.3, 0.4) is 0 Å². The lowest BCUT2D eigenvalue weighted by Crippen LogP contribution is -3.11. The van der Waals surface area contributed by atoms with Gasteiger partial charge in [-0.25, -0.2) is 0 Å². The van der Waals surface area contributed by atoms with Crippen LogP contribution in [0.1, 0.15) is 43.8 Å². The topological polar surface area (TPSA) is 41.7 Å². The SMILES string of the molecule is Cn1cccc1[C@H]1CCC[NH+]1CC(=O)Nc1ccc(N2CCCCC2)cc1. The van der Waals surface area contributed by atoms with Crippen LogP contribution in [-0.2, 0) is 11.8 Å². The van der Waals surface area contributed by atoms with Crippen LogP contribution in [-0.4, -0.2) is 36.7 Å². The molecule has 2 atom stereocenters. The number of likely N-dealkylation sites (tertiary alicyclic amines) is 1. The summed E-state index contributed by atoms with van der Waals surface area (Å²) in [4.78, 5) is 16.4. The normalized spacial score (nSPS) is 22.8. The van der Waals surface area contributed by atoms with Gasteiger partial charge in [-0.05, 0) is 55.7 Å². The zero-order valence-corrected chi connectivity index (χ0v) is 16.3. The number of nitrogens with zero attached hydrogens (tertiary/aromatic N) is 2. The highest BCUT2D eigenvalue weighted by atomic mass is 16.2. The van der Waals surface area contributed by atoms with Gasteiger partial charge >= 0.3 is 0 Å². The Morgan fingerprint density at radius 3 is 2.59 bits per heavy atom. The molecule has 5 nitrogen and oxygen atoms in total. The summed E-state index contributed by atoms with van der Waals surface area (Å²) < 4.78 is 2.19. The zero-order chi connectivity index (χ0) is 18.6. The third-order valence-electron chi connectivity index (χ3n) is 6.08. The fraction of sp³-hybridized carbons (Fsp3) is 0.500. The van der Waals surface area contributed by atoms with Crippen LogP contribution in [0, 0.1) is 0 Å². The molecule has 0 spiro atoms. The number of amides is 1. The zero-order valence-electron chi connectivity index (χ0n) is 16.3. The summed E-state index contributed by atoms with van der Waals surface area (Å²) in [6.07, 6.45) is 8.33. The number of quaternary nitrogens is 1. The smallest absolute Gasteiger partial charge is 0.279 e. The summed E-state index contributed by atoms with van der Waals surface area (Å²) in [5.41, 5.74) is 3.50. The van der Waals surface area contributed by atoms with Crippen molar-refractivity contribution in [2.45, 2.75) is 38.1 Å². The third kappa shape index (κ3) is 4.19. The lowest BCUT2D eigenvalue weighted by atomic mass is 10.1. The molecule has 27 heavy (non-hydrogen) atoms. The van der Waals surface area contributed by atoms with Crippen LogP contribution in [0.25, 0.3) is 0 Å². The number of carbonyl (C=O) groups excluding carboxylic acids is 1. The standard InChI is InChI=1S/C22H30N4O/c1-24-13-5-7-20(24)21-8-6-16-26(21)17-22(27)23-18-9-11-19(12-10-18)25-14-3-2-4-15-25/h5,7,9-13,21H,2-4,6,8,14-17H2,1H3,(H,23,27)/p+1/t21-/m1/s1. The van der Waals surface area contributed by atoms with Gasteiger partial charge in [-0.15, -0.1) is 0 Å². The number of anilines is 2. The first kappa shape index (κ1) is 18.1. The van der Waals surface area contributed by atoms with E-state index in [1.807, 2.05) is 12.1 Å². The van der Waals surface area contributed by atoms with Crippen LogP contribution in [0.2, 0.25) is 0 Å². The number of aryl methyl sites for hydroxylation is 1. The summed E-state index contributed by atoms with van der Waals surface area (Å²) in [7, 11) is 2.09. The second kappa shape index (κ2) is 8.17. The van der Waals surface area contributed by atoms with Gasteiger partial charge in [-0.2, -0.15) is 0 Å². The van der Waals surface area contributed by atoms with E-state index in [0.717, 1.165) is 31.7 Å². The summed E-state index contributed by atoms with van der Waals surface area (Å²) >= 11 is 0. The van der Waals surface area contributed by atoms with Crippen molar-refractivity contribution in [1.82, 2.24) is 4.57 Å². The number of benzene rings is 1. The van der Waals surface area contributed by atoms with Crippen molar-refractivity contribution in [2.75, 3.05) is 36.4 Å². The maximum atomic E-state index is 12.6. The van der Waals surface area contributed by atoms with Crippen molar-refractivity contribution >= 4 is 17.3 Å². The van der Waals surface area contributed by atoms with Crippen LogP contribution < -0.4 is 15.1 Å². The number of hydrogen-bond acceptors (Lipinski definition) is 2. The minimum atomic E-state index is 0.108. The van der Waals surface area contributed by atoms with E-state index in [0.29, 0.717) is 12.6 Å². The summed E-state index contributed by atoms with van der Waals surface area (Å²) in [6, 6.07) is 13.1. The molecule has 1 aromatic heterocycles. The predicted octanol–water partition coefficient (Wildman–Crippen LogP) is 2.37. The Morgan fingerprint density at radius 1 is 1.11 bits per heavy atom. The number of hydrogen-bond donors (Lipinski definition) is 2. The number of nitrogens with one attached hydrogen (secondary N) is 2. The van der Waals surface area contributed by atoms with Gasteiger partial charge < -0.3 is 19.7 Å². The number of piperidine rings is 1. The molecule has 5 heteroatoms. The van der Waals surface area contributed by atoms with Crippen molar-refractivity contribution in [3.8, 4) is 0 Å². The minimum Gasteiger partial charge on any atom is -0.372 e. The Morgan fingerprint density at radius 2 is 1.89 bits per heavy atom. The Balaban J connectivity index is 1.34. The molecule has 2 saturated heterocycles. The summed E-state index contributed by atoms with van der Waals surface area (Å²) in [6.45, 7) is 3.88. The molecule has 1 aromatic carbocycles. The highest BCUT2D eigenvalue weighted by Crippen LogP contribution is 2.22. The van der Waals surface area contributed by atoms with E-state index in [4.69, 9.17) is 0 Å². The molecule has 0 bridgehead atoms. The van der Waals surface area contributed by atoms with Gasteiger partial charge in [0.2, 0.25) is 0 Å². The molecule has 4 rings (SSSR count). The second-order valence-corrected chi connectivity index (χ2v) is 7.97. The van der Waals surface area contributed by atoms with Gasteiger partial charge in [0.1, 0.15) is 6.04 Å². The fourth-order valence-electron chi connectivity index (χ4n) is 4.64. The Labute approximate surface area is 162 Å². The molecule has 0 aliphatic carbocycles. The lowest BCUT2D eigenvalue weighted by Gasteiger charge is -2.28. The molecular formula is C22H31N4O+. The number of rotatable bonds is 5. The molecule has 144 valence electrons. The van der Waals surface area contributed by atoms with E-state index in [1.54, 1.807) is 0 Å². The second-order valence-electron chi connectivity index (χ2n) is 7.97. The molecule has 1 unspecified atom stereocenters. The van der Waals surface area contributed by atoms with Gasteiger partial charge in [0.05, 0.1) is 12.2 Å². The molecule has 0 saturated carbocycles. The highest BCUT2D eigenvalue weighted by Gasteiger charge is 2.32. The largest absolute Gasteiger partial charge is 0.372 e. The molecule has 0 radical (unpaired) electrons. The molecule has 2 aromatic rings. The lowest BCUT2D eigenvalue weighted by molar-refractivity contribution is -0.910. The molecule has 2 fully saturated rings. The number of aromatic nitrogens is 1. The predicted molar refractivity (Wildman–Crippen MR) is 109 cm³/mol. The van der Waals surface area contributed by atoms with Gasteiger partial charge in [0, 0.05) is 50.6 Å². The van der Waals surface area contributed by atoms with Gasteiger partial charge in [-0.1, -0.05) is 0 Å². The molecule has 1 amide bonds. The average molecular weight is 368 g/mol. The van der Waals surface area contributed by atoms with E-state index in [2.05, 4.69) is 52.3 Å². The van der Waals surface area contributed by atoms with Gasteiger partial charge in [0.25, 0.3) is 5.91 Å². The van der Waals surface area contributed by atoms with E-state index in [-0.39, 0.29) is 5.91 Å². The highest BCUT2D eigenvalue weighted by molar-refractivity contribution is 5.91. The molecule has 2 aliphatic rings. The molecule has 2 aliphatic heterocycles. The molecular weight excluding hydrogens is 336 g/mol. The average Bonchev–Trinajstić information content (AvgIpc) is 3.31. The van der Waals surface area contributed by atoms with Gasteiger partial charge in [0.15, 0.2) is 6.54 Å². The fourth-order valence-corrected chi connectivity index (χ4v) is 4.64. The first-order chi connectivity index (χ1) is 13.2. The van der Waals surface area contributed by atoms with E-state index >= 15 is 0 Å². The summed E-state index contributed by atoms with van der Waals surface area (Å²) in [5, 5.41) is 3.09. The van der Waals surface area contributed by atoms with Gasteiger partial charge in [-0.3, -0.25) is 4.79 Å². The van der Waals surface area contributed by atoms with E-state index < -0.39 is 0 Å². The van der Waals surface area contributed by atoms with Crippen LogP contribution >= 0.6 is 0 Å². The first-order valence-electron chi connectivity index (χ1n) is 10.3. The maximum absolute atomic E-state index is 12.6. The van der Waals surface area contributed by atoms with Crippen molar-refractivity contribution in [1.29, 1.82) is 0 Å². The third-order valence-corrected chi connectivity index (χ3v) is 6.08. The summed E-state index contributed by atoms with van der Waals surface area (Å²) in [5.74, 6) is 0.108. The minimum absolute atomic E-state index is 0.108. The maximum Gasteiger partial charge on any atom is 0.279 e. The Bertz CT molecular complexity index is 761. The quantitative estimate of drug-likeness (QED) is 0.852. The monoisotopic (exact) mass is 367 g/mol. The van der Waals surface area contributed by atoms with Crippen molar-refractivity contribution in [2.24, 2.45) is 7.05 Å². The Kier molecular flexibility index (Phi) is 5.48. The van der Waals surface area contributed by atoms with Crippen LogP contribution in [0.5, 0.6) is 0 Å². The molecule has 3 heterocycles. The molecule has 2 N–H and O–H groups in total. The van der Waals surface area contributed by atoms with Crippen molar-refractivity contribution in [3.63, 3.8) is 0 Å². The van der Waals surface area contributed by atoms with Crippen molar-refractivity contribution < 1.29 is 9.69 Å². The van der Waals surface area contributed by atoms with Crippen LogP contribution in [0.15, 0.2) is 42.6 Å². The van der Waals surface area contributed by atoms with Crippen LogP contribution in [0.4, 0.5) is 11.4 Å². The van der Waals surface area contributed by atoms with E-state index in [1.165, 1.54) is 42.0 Å². The first-order valence-corrected chi connectivity index (χ1v) is 10.3. The van der Waals surface area contributed by atoms with E-state index in [9.17, 15) is 4.79 Å². The number of carbonyl (C=O) groups is 1. The Hall–Kier alpha value is -2.27.